The van der Waals surface area contributed by atoms with Gasteiger partial charge in [0.15, 0.2) is 0 Å². The third kappa shape index (κ3) is 2.49. The molecule has 24 heavy (non-hydrogen) atoms. The molecule has 0 saturated carbocycles. The Morgan fingerprint density at radius 3 is 2.46 bits per heavy atom. The van der Waals surface area contributed by atoms with E-state index in [1.54, 1.807) is 0 Å². The molecule has 0 aliphatic heterocycles. The molecule has 3 heteroatoms. The van der Waals surface area contributed by atoms with Crippen molar-refractivity contribution in [3.8, 4) is 22.4 Å². The normalized spacial score (nSPS) is 11.1. The van der Waals surface area contributed by atoms with Crippen LogP contribution in [0.1, 0.15) is 11.3 Å². The lowest BCUT2D eigenvalue weighted by molar-refractivity contribution is 0.282. The second-order valence-corrected chi connectivity index (χ2v) is 5.92. The molecule has 0 bridgehead atoms. The maximum Gasteiger partial charge on any atom is 0.137 e. The summed E-state index contributed by atoms with van der Waals surface area (Å²) < 4.78 is 2.13. The fourth-order valence-corrected chi connectivity index (χ4v) is 3.05. The minimum Gasteiger partial charge on any atom is -0.392 e. The fraction of sp³-hybridized carbons (Fsp3) is 0.0952. The van der Waals surface area contributed by atoms with Crippen molar-refractivity contribution in [2.45, 2.75) is 13.5 Å². The second-order valence-electron chi connectivity index (χ2n) is 5.92. The lowest BCUT2D eigenvalue weighted by atomic mass is 10.1. The molecule has 0 unspecified atom stereocenters. The highest BCUT2D eigenvalue weighted by atomic mass is 16.3. The Kier molecular flexibility index (Phi) is 3.63. The molecule has 0 amide bonds. The van der Waals surface area contributed by atoms with Gasteiger partial charge in [-0.3, -0.25) is 0 Å². The van der Waals surface area contributed by atoms with Crippen LogP contribution in [0, 0.1) is 6.92 Å². The largest absolute Gasteiger partial charge is 0.392 e. The van der Waals surface area contributed by atoms with Gasteiger partial charge in [-0.2, -0.15) is 0 Å². The number of aliphatic hydroxyl groups is 1. The number of aromatic nitrogens is 2. The third-order valence-corrected chi connectivity index (χ3v) is 4.35. The number of pyridine rings is 1. The number of aryl methyl sites for hydroxylation is 1. The predicted molar refractivity (Wildman–Crippen MR) is 96.7 cm³/mol. The standard InChI is InChI=1S/C21H18N2O/c1-15-21(17-7-3-2-4-8-17)22-20-11-10-19(13-23(15)20)18-9-5-6-16(12-18)14-24/h2-13,24H,14H2,1H3. The first-order valence-corrected chi connectivity index (χ1v) is 8.00. The van der Waals surface area contributed by atoms with Gasteiger partial charge in [-0.05, 0) is 41.8 Å². The SMILES string of the molecule is Cc1c(-c2ccccc2)nc2ccc(-c3cccc(CO)c3)cn12. The lowest BCUT2D eigenvalue weighted by Crippen LogP contribution is -1.90. The average molecular weight is 314 g/mol. The number of aliphatic hydroxyl groups excluding tert-OH is 1. The van der Waals surface area contributed by atoms with Crippen molar-refractivity contribution in [3.63, 3.8) is 0 Å². The number of fused-ring (bicyclic) bond motifs is 1. The quantitative estimate of drug-likeness (QED) is 0.606. The van der Waals surface area contributed by atoms with Crippen molar-refractivity contribution < 1.29 is 5.11 Å². The van der Waals surface area contributed by atoms with Crippen molar-refractivity contribution in [1.29, 1.82) is 0 Å². The second kappa shape index (κ2) is 5.95. The number of rotatable bonds is 3. The van der Waals surface area contributed by atoms with Crippen molar-refractivity contribution >= 4 is 5.65 Å². The molecule has 3 nitrogen and oxygen atoms in total. The number of hydrogen-bond acceptors (Lipinski definition) is 2. The van der Waals surface area contributed by atoms with E-state index in [1.165, 1.54) is 0 Å². The highest BCUT2D eigenvalue weighted by molar-refractivity contribution is 5.70. The van der Waals surface area contributed by atoms with Crippen molar-refractivity contribution in [2.75, 3.05) is 0 Å². The first-order chi connectivity index (χ1) is 11.8. The molecular weight excluding hydrogens is 296 g/mol. The van der Waals surface area contributed by atoms with Crippen LogP contribution in [-0.2, 0) is 6.61 Å². The van der Waals surface area contributed by atoms with Crippen LogP contribution >= 0.6 is 0 Å². The van der Waals surface area contributed by atoms with E-state index in [2.05, 4.69) is 41.8 Å². The number of hydrogen-bond donors (Lipinski definition) is 1. The highest BCUT2D eigenvalue weighted by Gasteiger charge is 2.11. The van der Waals surface area contributed by atoms with E-state index in [0.29, 0.717) is 0 Å². The summed E-state index contributed by atoms with van der Waals surface area (Å²) in [5.74, 6) is 0. The van der Waals surface area contributed by atoms with Gasteiger partial charge in [0.1, 0.15) is 5.65 Å². The van der Waals surface area contributed by atoms with Gasteiger partial charge in [-0.15, -0.1) is 0 Å². The Morgan fingerprint density at radius 1 is 0.875 bits per heavy atom. The van der Waals surface area contributed by atoms with E-state index in [4.69, 9.17) is 4.98 Å². The zero-order chi connectivity index (χ0) is 16.5. The number of imidazole rings is 1. The van der Waals surface area contributed by atoms with Gasteiger partial charge in [0.2, 0.25) is 0 Å². The molecule has 0 aliphatic rings. The predicted octanol–water partition coefficient (Wildman–Crippen LogP) is 4.47. The maximum absolute atomic E-state index is 9.34. The number of benzene rings is 2. The Bertz CT molecular complexity index is 1000. The van der Waals surface area contributed by atoms with Crippen LogP contribution in [0.3, 0.4) is 0 Å². The molecule has 0 aliphatic carbocycles. The van der Waals surface area contributed by atoms with Crippen LogP contribution in [0.4, 0.5) is 0 Å². The molecule has 0 atom stereocenters. The summed E-state index contributed by atoms with van der Waals surface area (Å²) in [5, 5.41) is 9.34. The zero-order valence-electron chi connectivity index (χ0n) is 13.5. The van der Waals surface area contributed by atoms with E-state index >= 15 is 0 Å². The molecule has 118 valence electrons. The van der Waals surface area contributed by atoms with Crippen LogP contribution < -0.4 is 0 Å². The van der Waals surface area contributed by atoms with Gasteiger partial charge in [-0.1, -0.05) is 48.5 Å². The van der Waals surface area contributed by atoms with Crippen molar-refractivity contribution in [2.24, 2.45) is 0 Å². The minimum atomic E-state index is 0.0539. The van der Waals surface area contributed by atoms with Gasteiger partial charge in [0.25, 0.3) is 0 Å². The summed E-state index contributed by atoms with van der Waals surface area (Å²) in [4.78, 5) is 4.77. The first-order valence-electron chi connectivity index (χ1n) is 8.00. The van der Waals surface area contributed by atoms with Crippen LogP contribution in [0.5, 0.6) is 0 Å². The molecule has 0 fully saturated rings. The van der Waals surface area contributed by atoms with E-state index in [9.17, 15) is 5.11 Å². The first kappa shape index (κ1) is 14.7. The summed E-state index contributed by atoms with van der Waals surface area (Å²) in [6.07, 6.45) is 2.11. The van der Waals surface area contributed by atoms with Crippen LogP contribution in [0.15, 0.2) is 72.9 Å². The van der Waals surface area contributed by atoms with Gasteiger partial charge >= 0.3 is 0 Å². The molecule has 0 saturated heterocycles. The molecular formula is C21H18N2O. The van der Waals surface area contributed by atoms with E-state index in [0.717, 1.165) is 39.3 Å². The van der Waals surface area contributed by atoms with Crippen molar-refractivity contribution in [3.05, 3.63) is 84.2 Å². The fourth-order valence-electron chi connectivity index (χ4n) is 3.05. The van der Waals surface area contributed by atoms with Crippen LogP contribution in [0.2, 0.25) is 0 Å². The van der Waals surface area contributed by atoms with Crippen LogP contribution in [0.25, 0.3) is 28.0 Å². The van der Waals surface area contributed by atoms with Gasteiger partial charge < -0.3 is 9.51 Å². The van der Waals surface area contributed by atoms with Gasteiger partial charge in [0.05, 0.1) is 12.3 Å². The van der Waals surface area contributed by atoms with E-state index < -0.39 is 0 Å². The molecule has 2 heterocycles. The summed E-state index contributed by atoms with van der Waals surface area (Å²) in [6, 6.07) is 22.3. The minimum absolute atomic E-state index is 0.0539. The van der Waals surface area contributed by atoms with E-state index in [1.807, 2.05) is 42.5 Å². The molecule has 1 N–H and O–H groups in total. The molecule has 4 rings (SSSR count). The Labute approximate surface area is 140 Å². The molecule has 0 radical (unpaired) electrons. The summed E-state index contributed by atoms with van der Waals surface area (Å²) in [5.41, 5.74) is 7.32. The van der Waals surface area contributed by atoms with Crippen molar-refractivity contribution in [1.82, 2.24) is 9.38 Å². The highest BCUT2D eigenvalue weighted by Crippen LogP contribution is 2.27. The van der Waals surface area contributed by atoms with Crippen LogP contribution in [-0.4, -0.2) is 14.5 Å². The zero-order valence-corrected chi connectivity index (χ0v) is 13.5. The van der Waals surface area contributed by atoms with Gasteiger partial charge in [0, 0.05) is 17.5 Å². The Morgan fingerprint density at radius 2 is 1.67 bits per heavy atom. The topological polar surface area (TPSA) is 37.5 Å². The molecule has 2 aromatic heterocycles. The Balaban J connectivity index is 1.85. The Hall–Kier alpha value is -2.91. The molecule has 4 aromatic rings. The molecule has 2 aromatic carbocycles. The smallest absolute Gasteiger partial charge is 0.137 e. The number of nitrogens with zero attached hydrogens (tertiary/aromatic N) is 2. The average Bonchev–Trinajstić information content (AvgIpc) is 2.99. The maximum atomic E-state index is 9.34. The summed E-state index contributed by atoms with van der Waals surface area (Å²) in [7, 11) is 0. The summed E-state index contributed by atoms with van der Waals surface area (Å²) in [6.45, 7) is 2.15. The molecule has 0 spiro atoms. The monoisotopic (exact) mass is 314 g/mol. The third-order valence-electron chi connectivity index (χ3n) is 4.35. The van der Waals surface area contributed by atoms with Gasteiger partial charge in [-0.25, -0.2) is 4.98 Å². The lowest BCUT2D eigenvalue weighted by Gasteiger charge is -2.06. The summed E-state index contributed by atoms with van der Waals surface area (Å²) >= 11 is 0. The van der Waals surface area contributed by atoms with E-state index in [-0.39, 0.29) is 6.61 Å².